The molecule has 0 amide bonds. The molecule has 0 aromatic heterocycles. The summed E-state index contributed by atoms with van der Waals surface area (Å²) >= 11 is 0. The summed E-state index contributed by atoms with van der Waals surface area (Å²) in [6.45, 7) is 0. The van der Waals surface area contributed by atoms with E-state index in [0.29, 0.717) is 6.42 Å². The van der Waals surface area contributed by atoms with Gasteiger partial charge < -0.3 is 0 Å². The number of ketones is 1. The zero-order valence-electron chi connectivity index (χ0n) is 7.55. The topological polar surface area (TPSA) is 17.1 Å². The third-order valence-electron chi connectivity index (χ3n) is 2.47. The van der Waals surface area contributed by atoms with Crippen molar-refractivity contribution in [1.29, 1.82) is 0 Å². The largest absolute Gasteiger partial charge is 0.294 e. The maximum Gasteiger partial charge on any atom is 0.163 e. The van der Waals surface area contributed by atoms with Gasteiger partial charge in [0.1, 0.15) is 0 Å². The first-order valence-electron chi connectivity index (χ1n) is 4.73. The van der Waals surface area contributed by atoms with Crippen LogP contribution in [0.3, 0.4) is 0 Å². The summed E-state index contributed by atoms with van der Waals surface area (Å²) in [5.41, 5.74) is 5.08. The summed E-state index contributed by atoms with van der Waals surface area (Å²) in [6.07, 6.45) is 11.5. The van der Waals surface area contributed by atoms with E-state index in [1.54, 1.807) is 0 Å². The fraction of sp³-hybridized carbons (Fsp3) is 0.333. The highest BCUT2D eigenvalue weighted by Gasteiger charge is 2.17. The lowest BCUT2D eigenvalue weighted by atomic mass is 10.0. The van der Waals surface area contributed by atoms with Crippen LogP contribution in [0.4, 0.5) is 0 Å². The monoisotopic (exact) mass is 172 g/mol. The quantitative estimate of drug-likeness (QED) is 0.513. The van der Waals surface area contributed by atoms with Crippen LogP contribution >= 0.6 is 0 Å². The molecule has 0 atom stereocenters. The van der Waals surface area contributed by atoms with Crippen LogP contribution < -0.4 is 0 Å². The molecular weight excluding hydrogens is 160 g/mol. The van der Waals surface area contributed by atoms with E-state index in [0.717, 1.165) is 24.8 Å². The Balaban J connectivity index is 2.40. The van der Waals surface area contributed by atoms with Gasteiger partial charge >= 0.3 is 0 Å². The number of hydrogen-bond acceptors (Lipinski definition) is 1. The standard InChI is InChI=1S/C12H12O/c13-12-9-5-4-7-10-6-2-1-3-8-11(10)12/h2-3,6,8H,4-5,7,9H2. The molecule has 0 heterocycles. The van der Waals surface area contributed by atoms with Crippen molar-refractivity contribution in [2.24, 2.45) is 0 Å². The van der Waals surface area contributed by atoms with Crippen molar-refractivity contribution in [2.75, 3.05) is 0 Å². The molecule has 2 aliphatic rings. The van der Waals surface area contributed by atoms with Gasteiger partial charge in [-0.2, -0.15) is 0 Å². The lowest BCUT2D eigenvalue weighted by Crippen LogP contribution is -2.01. The number of carbonyl (C=O) groups excluding carboxylic acids is 1. The number of carbonyl (C=O) groups is 1. The first-order valence-corrected chi connectivity index (χ1v) is 4.73. The average molecular weight is 172 g/mol. The SMILES string of the molecule is O=C1CCCCC2=CC=C=CC=C12. The molecule has 0 saturated heterocycles. The minimum Gasteiger partial charge on any atom is -0.294 e. The first kappa shape index (κ1) is 8.28. The zero-order chi connectivity index (χ0) is 9.10. The number of hydrogen-bond donors (Lipinski definition) is 0. The van der Waals surface area contributed by atoms with Crippen LogP contribution in [0.5, 0.6) is 0 Å². The molecule has 1 heteroatoms. The van der Waals surface area contributed by atoms with E-state index in [9.17, 15) is 4.79 Å². The summed E-state index contributed by atoms with van der Waals surface area (Å²) in [4.78, 5) is 11.6. The Labute approximate surface area is 78.1 Å². The Hall–Kier alpha value is -1.33. The summed E-state index contributed by atoms with van der Waals surface area (Å²) < 4.78 is 0. The van der Waals surface area contributed by atoms with Gasteiger partial charge in [0.2, 0.25) is 0 Å². The highest BCUT2D eigenvalue weighted by atomic mass is 16.1. The van der Waals surface area contributed by atoms with Gasteiger partial charge in [0.25, 0.3) is 0 Å². The maximum absolute atomic E-state index is 11.6. The zero-order valence-corrected chi connectivity index (χ0v) is 7.55. The summed E-state index contributed by atoms with van der Waals surface area (Å²) in [5, 5.41) is 0. The highest BCUT2D eigenvalue weighted by molar-refractivity contribution is 6.00. The van der Waals surface area contributed by atoms with Gasteiger partial charge in [-0.05, 0) is 43.1 Å². The van der Waals surface area contributed by atoms with Gasteiger partial charge in [0.05, 0.1) is 0 Å². The lowest BCUT2D eigenvalue weighted by molar-refractivity contribution is -0.115. The average Bonchev–Trinajstić information content (AvgIpc) is 2.43. The van der Waals surface area contributed by atoms with Gasteiger partial charge in [0, 0.05) is 12.0 Å². The second-order valence-electron chi connectivity index (χ2n) is 3.40. The molecule has 0 bridgehead atoms. The molecule has 0 aliphatic heterocycles. The van der Waals surface area contributed by atoms with E-state index in [1.165, 1.54) is 5.57 Å². The summed E-state index contributed by atoms with van der Waals surface area (Å²) in [6, 6.07) is 0. The number of Topliss-reactive ketones (excluding diaryl/α,β-unsaturated/α-hetero) is 1. The molecule has 0 aromatic carbocycles. The molecule has 0 spiro atoms. The van der Waals surface area contributed by atoms with Crippen molar-refractivity contribution in [3.63, 3.8) is 0 Å². The molecule has 0 unspecified atom stereocenters. The van der Waals surface area contributed by atoms with Crippen LogP contribution in [0, 0.1) is 0 Å². The van der Waals surface area contributed by atoms with Crippen molar-refractivity contribution in [1.82, 2.24) is 0 Å². The summed E-state index contributed by atoms with van der Waals surface area (Å²) in [7, 11) is 0. The lowest BCUT2D eigenvalue weighted by Gasteiger charge is -2.03. The minimum atomic E-state index is 0.289. The molecule has 2 rings (SSSR count). The first-order chi connectivity index (χ1) is 6.38. The molecule has 0 N–H and O–H groups in total. The molecule has 2 aliphatic carbocycles. The third-order valence-corrected chi connectivity index (χ3v) is 2.47. The van der Waals surface area contributed by atoms with Crippen molar-refractivity contribution in [2.45, 2.75) is 25.7 Å². The van der Waals surface area contributed by atoms with Crippen molar-refractivity contribution in [3.8, 4) is 0 Å². The molecule has 0 aromatic rings. The Morgan fingerprint density at radius 3 is 2.77 bits per heavy atom. The molecule has 1 fully saturated rings. The van der Waals surface area contributed by atoms with Crippen LogP contribution in [-0.4, -0.2) is 5.78 Å². The molecule has 13 heavy (non-hydrogen) atoms. The van der Waals surface area contributed by atoms with Crippen LogP contribution in [0.15, 0.2) is 41.2 Å². The van der Waals surface area contributed by atoms with Crippen LogP contribution in [0.1, 0.15) is 25.7 Å². The molecular formula is C12H12O. The molecule has 0 radical (unpaired) electrons. The van der Waals surface area contributed by atoms with E-state index in [4.69, 9.17) is 0 Å². The fourth-order valence-corrected chi connectivity index (χ4v) is 1.76. The van der Waals surface area contributed by atoms with Gasteiger partial charge in [0.15, 0.2) is 5.78 Å². The Bertz CT molecular complexity index is 349. The van der Waals surface area contributed by atoms with E-state index < -0.39 is 0 Å². The Morgan fingerprint density at radius 2 is 1.85 bits per heavy atom. The Kier molecular flexibility index (Phi) is 2.29. The van der Waals surface area contributed by atoms with E-state index in [-0.39, 0.29) is 5.78 Å². The van der Waals surface area contributed by atoms with Gasteiger partial charge in [-0.15, -0.1) is 5.73 Å². The van der Waals surface area contributed by atoms with Crippen LogP contribution in [0.2, 0.25) is 0 Å². The summed E-state index contributed by atoms with van der Waals surface area (Å²) in [5.74, 6) is 0.289. The fourth-order valence-electron chi connectivity index (χ4n) is 1.76. The number of allylic oxidation sites excluding steroid dienone is 5. The van der Waals surface area contributed by atoms with Gasteiger partial charge in [-0.1, -0.05) is 6.08 Å². The number of rotatable bonds is 0. The van der Waals surface area contributed by atoms with Gasteiger partial charge in [-0.3, -0.25) is 4.79 Å². The van der Waals surface area contributed by atoms with E-state index in [1.807, 2.05) is 24.3 Å². The van der Waals surface area contributed by atoms with Crippen LogP contribution in [0.25, 0.3) is 0 Å². The highest BCUT2D eigenvalue weighted by Crippen LogP contribution is 2.25. The van der Waals surface area contributed by atoms with Crippen molar-refractivity contribution in [3.05, 3.63) is 41.2 Å². The third kappa shape index (κ3) is 1.71. The minimum absolute atomic E-state index is 0.289. The smallest absolute Gasteiger partial charge is 0.163 e. The predicted octanol–water partition coefficient (Wildman–Crippen LogP) is 2.71. The molecule has 66 valence electrons. The number of fused-ring (bicyclic) bond motifs is 1. The van der Waals surface area contributed by atoms with E-state index >= 15 is 0 Å². The van der Waals surface area contributed by atoms with Gasteiger partial charge in [-0.25, -0.2) is 0 Å². The predicted molar refractivity (Wildman–Crippen MR) is 52.3 cm³/mol. The second-order valence-corrected chi connectivity index (χ2v) is 3.40. The molecule has 1 saturated carbocycles. The Morgan fingerprint density at radius 1 is 1.08 bits per heavy atom. The van der Waals surface area contributed by atoms with E-state index in [2.05, 4.69) is 5.73 Å². The second kappa shape index (κ2) is 3.59. The van der Waals surface area contributed by atoms with Crippen LogP contribution in [-0.2, 0) is 4.79 Å². The van der Waals surface area contributed by atoms with Crippen molar-refractivity contribution >= 4 is 5.78 Å². The maximum atomic E-state index is 11.6. The van der Waals surface area contributed by atoms with Crippen molar-refractivity contribution < 1.29 is 4.79 Å². The molecule has 1 nitrogen and oxygen atoms in total. The normalized spacial score (nSPS) is 21.4.